The average molecular weight is 427 g/mol. The van der Waals surface area contributed by atoms with Crippen LogP contribution in [0.1, 0.15) is 16.7 Å². The number of aromatic nitrogens is 2. The van der Waals surface area contributed by atoms with E-state index in [1.807, 2.05) is 55.2 Å². The van der Waals surface area contributed by atoms with Crippen molar-refractivity contribution >= 4 is 34.2 Å². The first-order valence-electron chi connectivity index (χ1n) is 10.3. The van der Waals surface area contributed by atoms with Crippen molar-refractivity contribution in [3.05, 3.63) is 95.7 Å². The van der Waals surface area contributed by atoms with Crippen molar-refractivity contribution in [2.45, 2.75) is 6.54 Å². The summed E-state index contributed by atoms with van der Waals surface area (Å²) >= 11 is 0. The molecule has 4 aromatic rings. The summed E-state index contributed by atoms with van der Waals surface area (Å²) in [6, 6.07) is 16.3. The number of anilines is 2. The zero-order chi connectivity index (χ0) is 22.2. The van der Waals surface area contributed by atoms with E-state index in [9.17, 15) is 9.18 Å². The van der Waals surface area contributed by atoms with Crippen LogP contribution in [0, 0.1) is 5.82 Å². The molecule has 2 N–H and O–H groups in total. The van der Waals surface area contributed by atoms with Crippen LogP contribution in [-0.2, 0) is 11.3 Å². The van der Waals surface area contributed by atoms with Crippen molar-refractivity contribution in [2.75, 3.05) is 24.7 Å². The molecule has 0 spiro atoms. The van der Waals surface area contributed by atoms with Crippen LogP contribution in [0.5, 0.6) is 0 Å². The van der Waals surface area contributed by atoms with E-state index in [-0.39, 0.29) is 5.91 Å². The SMILES string of the molecule is CN(C)Cc1ccc(N/C(=C2\C(=O)Nc3cc(F)ccc32)c2ccc3nccn3c2)cc1. The molecule has 0 bridgehead atoms. The van der Waals surface area contributed by atoms with Crippen molar-refractivity contribution in [3.63, 3.8) is 0 Å². The Morgan fingerprint density at radius 2 is 1.94 bits per heavy atom. The Labute approximate surface area is 185 Å². The fraction of sp³-hybridized carbons (Fsp3) is 0.120. The highest BCUT2D eigenvalue weighted by molar-refractivity contribution is 6.37. The number of imidazole rings is 1. The van der Waals surface area contributed by atoms with Gasteiger partial charge in [0.25, 0.3) is 5.91 Å². The van der Waals surface area contributed by atoms with Crippen LogP contribution in [0.25, 0.3) is 16.9 Å². The number of hydrogen-bond acceptors (Lipinski definition) is 4. The Kier molecular flexibility index (Phi) is 4.95. The summed E-state index contributed by atoms with van der Waals surface area (Å²) in [4.78, 5) is 19.4. The van der Waals surface area contributed by atoms with Crippen molar-refractivity contribution < 1.29 is 9.18 Å². The smallest absolute Gasteiger partial charge is 0.258 e. The fourth-order valence-electron chi connectivity index (χ4n) is 3.94. The molecule has 6 nitrogen and oxygen atoms in total. The Morgan fingerprint density at radius 3 is 2.72 bits per heavy atom. The van der Waals surface area contributed by atoms with Crippen LogP contribution in [0.2, 0.25) is 0 Å². The van der Waals surface area contributed by atoms with Crippen molar-refractivity contribution in [3.8, 4) is 0 Å². The van der Waals surface area contributed by atoms with Gasteiger partial charge in [0.2, 0.25) is 0 Å². The number of rotatable bonds is 5. The van der Waals surface area contributed by atoms with Gasteiger partial charge in [-0.15, -0.1) is 0 Å². The number of benzene rings is 2. The highest BCUT2D eigenvalue weighted by Gasteiger charge is 2.29. The van der Waals surface area contributed by atoms with Gasteiger partial charge >= 0.3 is 0 Å². The number of nitrogens with zero attached hydrogens (tertiary/aromatic N) is 3. The zero-order valence-corrected chi connectivity index (χ0v) is 17.8. The van der Waals surface area contributed by atoms with Gasteiger partial charge in [0.05, 0.1) is 17.0 Å². The van der Waals surface area contributed by atoms with Gasteiger partial charge in [0.1, 0.15) is 11.5 Å². The van der Waals surface area contributed by atoms with Crippen molar-refractivity contribution in [1.82, 2.24) is 14.3 Å². The van der Waals surface area contributed by atoms with E-state index in [2.05, 4.69) is 32.7 Å². The van der Waals surface area contributed by atoms with Gasteiger partial charge in [-0.05, 0) is 62.1 Å². The summed E-state index contributed by atoms with van der Waals surface area (Å²) in [7, 11) is 4.06. The van der Waals surface area contributed by atoms with E-state index in [1.165, 1.54) is 17.7 Å². The van der Waals surface area contributed by atoms with Gasteiger partial charge < -0.3 is 19.9 Å². The third-order valence-corrected chi connectivity index (χ3v) is 5.38. The molecule has 1 aliphatic rings. The fourth-order valence-corrected chi connectivity index (χ4v) is 3.94. The first-order valence-corrected chi connectivity index (χ1v) is 10.3. The lowest BCUT2D eigenvalue weighted by Crippen LogP contribution is -2.11. The van der Waals surface area contributed by atoms with Crippen LogP contribution in [0.3, 0.4) is 0 Å². The zero-order valence-electron chi connectivity index (χ0n) is 17.8. The Bertz CT molecular complexity index is 1350. The highest BCUT2D eigenvalue weighted by Crippen LogP contribution is 2.38. The molecule has 1 aliphatic heterocycles. The number of carbonyl (C=O) groups is 1. The number of carbonyl (C=O) groups excluding carboxylic acids is 1. The molecule has 0 saturated carbocycles. The van der Waals surface area contributed by atoms with Crippen molar-refractivity contribution in [1.29, 1.82) is 0 Å². The van der Waals surface area contributed by atoms with E-state index in [0.717, 1.165) is 23.4 Å². The van der Waals surface area contributed by atoms with Crippen LogP contribution < -0.4 is 10.6 Å². The van der Waals surface area contributed by atoms with E-state index in [0.29, 0.717) is 22.5 Å². The molecule has 0 saturated heterocycles. The summed E-state index contributed by atoms with van der Waals surface area (Å²) in [5.41, 5.74) is 5.90. The molecule has 2 aromatic carbocycles. The monoisotopic (exact) mass is 427 g/mol. The predicted octanol–water partition coefficient (Wildman–Crippen LogP) is 4.47. The molecule has 32 heavy (non-hydrogen) atoms. The molecule has 1 amide bonds. The van der Waals surface area contributed by atoms with Gasteiger partial charge in [0.15, 0.2) is 0 Å². The second-order valence-corrected chi connectivity index (χ2v) is 8.06. The van der Waals surface area contributed by atoms with E-state index < -0.39 is 5.82 Å². The minimum absolute atomic E-state index is 0.275. The lowest BCUT2D eigenvalue weighted by molar-refractivity contribution is -0.110. The maximum atomic E-state index is 13.8. The molecule has 0 fully saturated rings. The number of halogens is 1. The molecular formula is C25H22FN5O. The summed E-state index contributed by atoms with van der Waals surface area (Å²) in [6.45, 7) is 0.840. The minimum atomic E-state index is -0.392. The van der Waals surface area contributed by atoms with Gasteiger partial charge in [0, 0.05) is 41.9 Å². The summed E-state index contributed by atoms with van der Waals surface area (Å²) in [6.07, 6.45) is 5.51. The predicted molar refractivity (Wildman–Crippen MR) is 124 cm³/mol. The molecule has 0 radical (unpaired) electrons. The largest absolute Gasteiger partial charge is 0.354 e. The van der Waals surface area contributed by atoms with Gasteiger partial charge in [-0.25, -0.2) is 9.37 Å². The number of pyridine rings is 1. The van der Waals surface area contributed by atoms with Gasteiger partial charge in [-0.1, -0.05) is 12.1 Å². The van der Waals surface area contributed by atoms with Crippen LogP contribution in [0.4, 0.5) is 15.8 Å². The van der Waals surface area contributed by atoms with E-state index in [4.69, 9.17) is 0 Å². The van der Waals surface area contributed by atoms with Crippen LogP contribution in [-0.4, -0.2) is 34.3 Å². The Morgan fingerprint density at radius 1 is 1.12 bits per heavy atom. The van der Waals surface area contributed by atoms with Crippen LogP contribution in [0.15, 0.2) is 73.2 Å². The second kappa shape index (κ2) is 7.94. The maximum absolute atomic E-state index is 13.8. The lowest BCUT2D eigenvalue weighted by Gasteiger charge is -2.16. The maximum Gasteiger partial charge on any atom is 0.258 e. The molecule has 0 aliphatic carbocycles. The molecule has 160 valence electrons. The van der Waals surface area contributed by atoms with Crippen molar-refractivity contribution in [2.24, 2.45) is 0 Å². The molecule has 0 unspecified atom stereocenters. The summed E-state index contributed by atoms with van der Waals surface area (Å²) < 4.78 is 15.7. The standard InChI is InChI=1S/C25H22FN5O/c1-30(2)14-16-3-7-19(8-4-16)28-24(17-5-10-22-27-11-12-31(22)15-17)23-20-9-6-18(26)13-21(20)29-25(23)32/h3-13,15,28H,14H2,1-2H3,(H,29,32)/b24-23-. The average Bonchev–Trinajstić information content (AvgIpc) is 3.35. The van der Waals surface area contributed by atoms with Gasteiger partial charge in [-0.2, -0.15) is 0 Å². The Balaban J connectivity index is 1.63. The quantitative estimate of drug-likeness (QED) is 0.462. The molecule has 2 aromatic heterocycles. The molecule has 3 heterocycles. The first kappa shape index (κ1) is 20.0. The lowest BCUT2D eigenvalue weighted by atomic mass is 10.0. The summed E-state index contributed by atoms with van der Waals surface area (Å²) in [5, 5.41) is 6.22. The van der Waals surface area contributed by atoms with E-state index in [1.54, 1.807) is 12.3 Å². The molecular weight excluding hydrogens is 405 g/mol. The number of hydrogen-bond donors (Lipinski definition) is 2. The topological polar surface area (TPSA) is 61.7 Å². The number of amides is 1. The Hall–Kier alpha value is -3.97. The molecule has 5 rings (SSSR count). The van der Waals surface area contributed by atoms with E-state index >= 15 is 0 Å². The minimum Gasteiger partial charge on any atom is -0.354 e. The molecule has 0 atom stereocenters. The summed E-state index contributed by atoms with van der Waals surface area (Å²) in [5.74, 6) is -0.667. The first-order chi connectivity index (χ1) is 15.5. The molecule has 7 heteroatoms. The third-order valence-electron chi connectivity index (χ3n) is 5.38. The van der Waals surface area contributed by atoms with Gasteiger partial charge in [-0.3, -0.25) is 4.79 Å². The number of fused-ring (bicyclic) bond motifs is 2. The van der Waals surface area contributed by atoms with Crippen LogP contribution >= 0.6 is 0 Å². The number of nitrogens with one attached hydrogen (secondary N) is 2. The second-order valence-electron chi connectivity index (χ2n) is 8.06. The highest BCUT2D eigenvalue weighted by atomic mass is 19.1. The third kappa shape index (κ3) is 3.74. The normalized spacial score (nSPS) is 14.6.